The Kier molecular flexibility index (Phi) is 5.57. The van der Waals surface area contributed by atoms with Crippen molar-refractivity contribution in [2.75, 3.05) is 14.2 Å². The first-order valence-corrected chi connectivity index (χ1v) is 12.5. The quantitative estimate of drug-likeness (QED) is 0.417. The molecule has 2 aliphatic rings. The summed E-state index contributed by atoms with van der Waals surface area (Å²) in [5.74, 6) is 1.06. The summed E-state index contributed by atoms with van der Waals surface area (Å²) >= 11 is 1.34. The Bertz CT molecular complexity index is 1700. The molecule has 0 amide bonds. The number of methoxy groups -OCH3 is 2. The van der Waals surface area contributed by atoms with E-state index in [4.69, 9.17) is 14.5 Å². The van der Waals surface area contributed by atoms with Crippen LogP contribution in [0, 0.1) is 5.82 Å². The van der Waals surface area contributed by atoms with Crippen LogP contribution in [0.25, 0.3) is 11.8 Å². The van der Waals surface area contributed by atoms with Crippen LogP contribution < -0.4 is 24.4 Å². The number of rotatable bonds is 4. The van der Waals surface area contributed by atoms with Crippen LogP contribution in [-0.2, 0) is 6.42 Å². The lowest BCUT2D eigenvalue weighted by Gasteiger charge is -2.31. The van der Waals surface area contributed by atoms with Gasteiger partial charge in [0.2, 0.25) is 0 Å². The highest BCUT2D eigenvalue weighted by atomic mass is 32.1. The molecule has 3 aromatic carbocycles. The second-order valence-electron chi connectivity index (χ2n) is 8.77. The highest BCUT2D eigenvalue weighted by Crippen LogP contribution is 2.44. The second-order valence-corrected chi connectivity index (χ2v) is 9.78. The van der Waals surface area contributed by atoms with Crippen molar-refractivity contribution < 1.29 is 13.9 Å². The summed E-state index contributed by atoms with van der Waals surface area (Å²) in [6.45, 7) is 0. The van der Waals surface area contributed by atoms with Crippen molar-refractivity contribution in [2.45, 2.75) is 18.9 Å². The molecule has 1 atom stereocenters. The molecule has 4 aromatic rings. The molecule has 0 saturated heterocycles. The van der Waals surface area contributed by atoms with Crippen molar-refractivity contribution in [1.29, 1.82) is 0 Å². The Labute approximate surface area is 211 Å². The normalized spacial score (nSPS) is 16.6. The van der Waals surface area contributed by atoms with Crippen molar-refractivity contribution in [1.82, 2.24) is 4.57 Å². The maximum atomic E-state index is 13.9. The highest BCUT2D eigenvalue weighted by molar-refractivity contribution is 7.07. The molecule has 0 radical (unpaired) electrons. The Morgan fingerprint density at radius 2 is 1.83 bits per heavy atom. The van der Waals surface area contributed by atoms with Crippen LogP contribution in [0.1, 0.15) is 34.7 Å². The predicted octanol–water partition coefficient (Wildman–Crippen LogP) is 4.48. The molecular formula is C29H23FN2O3S. The van der Waals surface area contributed by atoms with Crippen LogP contribution in [-0.4, -0.2) is 18.8 Å². The molecule has 0 N–H and O–H groups in total. The molecule has 1 unspecified atom stereocenters. The molecule has 5 nitrogen and oxygen atoms in total. The lowest BCUT2D eigenvalue weighted by molar-refractivity contribution is 0.392. The molecule has 6 rings (SSSR count). The monoisotopic (exact) mass is 498 g/mol. The van der Waals surface area contributed by atoms with Gasteiger partial charge in [0, 0.05) is 11.1 Å². The van der Waals surface area contributed by atoms with Crippen LogP contribution in [0.4, 0.5) is 4.39 Å². The van der Waals surface area contributed by atoms with Crippen LogP contribution >= 0.6 is 11.3 Å². The van der Waals surface area contributed by atoms with Crippen molar-refractivity contribution in [3.05, 3.63) is 120 Å². The minimum absolute atomic E-state index is 0.136. The largest absolute Gasteiger partial charge is 0.497 e. The SMILES string of the molecule is COc1ccc(OC)c(C2C3=C(N=c4sc(=Cc5ccc(F)cc5)c(=O)n42)c2ccccc2CC3)c1. The van der Waals surface area contributed by atoms with Crippen molar-refractivity contribution >= 4 is 23.1 Å². The lowest BCUT2D eigenvalue weighted by Crippen LogP contribution is -2.39. The summed E-state index contributed by atoms with van der Waals surface area (Å²) in [7, 11) is 3.26. The van der Waals surface area contributed by atoms with Gasteiger partial charge in [-0.25, -0.2) is 9.38 Å². The van der Waals surface area contributed by atoms with Crippen LogP contribution in [0.2, 0.25) is 0 Å². The summed E-state index contributed by atoms with van der Waals surface area (Å²) in [4.78, 5) is 19.5. The first-order chi connectivity index (χ1) is 17.6. The Morgan fingerprint density at radius 3 is 2.61 bits per heavy atom. The van der Waals surface area contributed by atoms with Crippen LogP contribution in [0.15, 0.2) is 82.1 Å². The average molecular weight is 499 g/mol. The van der Waals surface area contributed by atoms with Gasteiger partial charge in [-0.3, -0.25) is 9.36 Å². The molecule has 0 bridgehead atoms. The summed E-state index contributed by atoms with van der Waals surface area (Å²) in [5.41, 5.74) is 5.83. The van der Waals surface area contributed by atoms with Gasteiger partial charge in [-0.15, -0.1) is 0 Å². The Hall–Kier alpha value is -3.97. The van der Waals surface area contributed by atoms with Gasteiger partial charge in [-0.2, -0.15) is 0 Å². The smallest absolute Gasteiger partial charge is 0.271 e. The fourth-order valence-electron chi connectivity index (χ4n) is 5.06. The van der Waals surface area contributed by atoms with E-state index in [1.165, 1.54) is 29.0 Å². The summed E-state index contributed by atoms with van der Waals surface area (Å²) in [5, 5.41) is 0. The number of allylic oxidation sites excluding steroid dienone is 1. The first-order valence-electron chi connectivity index (χ1n) is 11.7. The summed E-state index contributed by atoms with van der Waals surface area (Å²) < 4.78 is 27.0. The Morgan fingerprint density at radius 1 is 1.03 bits per heavy atom. The number of fused-ring (bicyclic) bond motifs is 3. The fraction of sp³-hybridized carbons (Fsp3) is 0.172. The molecular weight excluding hydrogens is 475 g/mol. The van der Waals surface area contributed by atoms with E-state index in [1.54, 1.807) is 37.0 Å². The van der Waals surface area contributed by atoms with E-state index >= 15 is 0 Å². The van der Waals surface area contributed by atoms with Gasteiger partial charge in [-0.05, 0) is 65.9 Å². The molecule has 2 heterocycles. The minimum atomic E-state index is -0.384. The van der Waals surface area contributed by atoms with Gasteiger partial charge in [-0.1, -0.05) is 47.7 Å². The highest BCUT2D eigenvalue weighted by Gasteiger charge is 2.34. The lowest BCUT2D eigenvalue weighted by atomic mass is 9.83. The number of aryl methyl sites for hydroxylation is 1. The van der Waals surface area contributed by atoms with E-state index in [0.29, 0.717) is 20.8 Å². The predicted molar refractivity (Wildman–Crippen MR) is 139 cm³/mol. The molecule has 0 fully saturated rings. The molecule has 1 aliphatic heterocycles. The maximum absolute atomic E-state index is 13.9. The third kappa shape index (κ3) is 3.67. The zero-order chi connectivity index (χ0) is 24.8. The zero-order valence-electron chi connectivity index (χ0n) is 19.8. The number of benzene rings is 3. The molecule has 36 heavy (non-hydrogen) atoms. The first kappa shape index (κ1) is 22.5. The zero-order valence-corrected chi connectivity index (χ0v) is 20.6. The summed E-state index contributed by atoms with van der Waals surface area (Å²) in [6.07, 6.45) is 3.44. The van der Waals surface area contributed by atoms with Gasteiger partial charge in [0.15, 0.2) is 4.80 Å². The van der Waals surface area contributed by atoms with Crippen molar-refractivity contribution in [3.8, 4) is 11.5 Å². The van der Waals surface area contributed by atoms with E-state index in [1.807, 2.05) is 30.3 Å². The van der Waals surface area contributed by atoms with Gasteiger partial charge in [0.1, 0.15) is 17.3 Å². The van der Waals surface area contributed by atoms with Crippen LogP contribution in [0.5, 0.6) is 11.5 Å². The third-order valence-electron chi connectivity index (χ3n) is 6.77. The number of hydrogen-bond acceptors (Lipinski definition) is 5. The minimum Gasteiger partial charge on any atom is -0.497 e. The molecule has 1 aromatic heterocycles. The summed E-state index contributed by atoms with van der Waals surface area (Å²) in [6, 6.07) is 19.7. The molecule has 1 aliphatic carbocycles. The Balaban J connectivity index is 1.65. The molecule has 0 saturated carbocycles. The topological polar surface area (TPSA) is 52.8 Å². The maximum Gasteiger partial charge on any atom is 0.271 e. The number of aromatic nitrogens is 1. The fourth-order valence-corrected chi connectivity index (χ4v) is 6.06. The third-order valence-corrected chi connectivity index (χ3v) is 7.76. The number of halogens is 1. The number of nitrogens with zero attached hydrogens (tertiary/aromatic N) is 2. The average Bonchev–Trinajstić information content (AvgIpc) is 3.22. The van der Waals surface area contributed by atoms with Gasteiger partial charge < -0.3 is 9.47 Å². The standard InChI is InChI=1S/C29H23FN2O3S/c1-34-20-12-14-24(35-2)23(16-20)27-22-13-9-18-5-3-4-6-21(18)26(22)31-29-32(27)28(33)25(36-29)15-17-7-10-19(30)11-8-17/h3-8,10-12,14-16,27H,9,13H2,1-2H3. The van der Waals surface area contributed by atoms with Gasteiger partial charge in [0.05, 0.1) is 30.5 Å². The number of ether oxygens (including phenoxy) is 2. The molecule has 180 valence electrons. The van der Waals surface area contributed by atoms with Crippen LogP contribution in [0.3, 0.4) is 0 Å². The van der Waals surface area contributed by atoms with E-state index in [2.05, 4.69) is 12.1 Å². The molecule has 0 spiro atoms. The van der Waals surface area contributed by atoms with Gasteiger partial charge >= 0.3 is 0 Å². The molecule has 7 heteroatoms. The van der Waals surface area contributed by atoms with Crippen molar-refractivity contribution in [3.63, 3.8) is 0 Å². The van der Waals surface area contributed by atoms with E-state index < -0.39 is 0 Å². The van der Waals surface area contributed by atoms with Crippen molar-refractivity contribution in [2.24, 2.45) is 4.99 Å². The number of thiazole rings is 1. The second kappa shape index (κ2) is 8.91. The number of hydrogen-bond donors (Lipinski definition) is 0. The van der Waals surface area contributed by atoms with E-state index in [9.17, 15) is 9.18 Å². The van der Waals surface area contributed by atoms with Gasteiger partial charge in [0.25, 0.3) is 5.56 Å². The van der Waals surface area contributed by atoms with E-state index in [-0.39, 0.29) is 17.4 Å². The van der Waals surface area contributed by atoms with E-state index in [0.717, 1.165) is 40.8 Å².